The summed E-state index contributed by atoms with van der Waals surface area (Å²) < 4.78 is 27.7. The van der Waals surface area contributed by atoms with Crippen LogP contribution in [0.4, 0.5) is 4.79 Å². The fourth-order valence-electron chi connectivity index (χ4n) is 2.11. The molecular formula is C12H25N2O5P. The van der Waals surface area contributed by atoms with E-state index in [-0.39, 0.29) is 6.09 Å². The van der Waals surface area contributed by atoms with Crippen LogP contribution in [0, 0.1) is 0 Å². The molecule has 2 N–H and O–H groups in total. The van der Waals surface area contributed by atoms with E-state index in [4.69, 9.17) is 19.5 Å². The maximum absolute atomic E-state index is 12.4. The van der Waals surface area contributed by atoms with E-state index in [1.165, 1.54) is 14.2 Å². The monoisotopic (exact) mass is 308 g/mol. The van der Waals surface area contributed by atoms with E-state index in [1.807, 2.05) is 20.8 Å². The molecule has 0 aromatic carbocycles. The molecule has 7 nitrogen and oxygen atoms in total. The third-order valence-electron chi connectivity index (χ3n) is 3.31. The predicted octanol–water partition coefficient (Wildman–Crippen LogP) is 2.16. The molecule has 0 unspecified atom stereocenters. The minimum absolute atomic E-state index is 0.338. The van der Waals surface area contributed by atoms with Crippen molar-refractivity contribution < 1.29 is 23.1 Å². The molecule has 0 radical (unpaired) electrons. The summed E-state index contributed by atoms with van der Waals surface area (Å²) in [4.78, 5) is 13.5. The van der Waals surface area contributed by atoms with Gasteiger partial charge in [0, 0.05) is 27.3 Å². The Bertz CT molecular complexity index is 391. The molecule has 0 spiro atoms. The molecule has 1 aliphatic heterocycles. The lowest BCUT2D eigenvalue weighted by molar-refractivity contribution is 0.0185. The van der Waals surface area contributed by atoms with E-state index in [0.717, 1.165) is 0 Å². The van der Waals surface area contributed by atoms with Crippen LogP contribution in [-0.2, 0) is 18.3 Å². The Morgan fingerprint density at radius 1 is 1.20 bits per heavy atom. The average molecular weight is 308 g/mol. The summed E-state index contributed by atoms with van der Waals surface area (Å²) in [7, 11) is -0.730. The van der Waals surface area contributed by atoms with Crippen LogP contribution in [0.2, 0.25) is 0 Å². The van der Waals surface area contributed by atoms with Gasteiger partial charge in [0.05, 0.1) is 0 Å². The van der Waals surface area contributed by atoms with Crippen molar-refractivity contribution in [3.63, 3.8) is 0 Å². The first kappa shape index (κ1) is 17.4. The molecule has 8 heteroatoms. The Morgan fingerprint density at radius 2 is 1.65 bits per heavy atom. The van der Waals surface area contributed by atoms with Crippen LogP contribution >= 0.6 is 7.60 Å². The third kappa shape index (κ3) is 3.73. The van der Waals surface area contributed by atoms with Crippen LogP contribution in [0.1, 0.15) is 33.6 Å². The molecule has 1 aliphatic rings. The molecule has 0 aromatic rings. The van der Waals surface area contributed by atoms with Gasteiger partial charge in [-0.2, -0.15) is 0 Å². The average Bonchev–Trinajstić information content (AvgIpc) is 2.36. The van der Waals surface area contributed by atoms with Crippen molar-refractivity contribution in [2.75, 3.05) is 27.3 Å². The number of hydrogen-bond donors (Lipinski definition) is 1. The summed E-state index contributed by atoms with van der Waals surface area (Å²) in [5, 5.41) is -1.06. The van der Waals surface area contributed by atoms with Gasteiger partial charge in [-0.15, -0.1) is 0 Å². The second-order valence-corrected chi connectivity index (χ2v) is 8.55. The van der Waals surface area contributed by atoms with Gasteiger partial charge >= 0.3 is 13.7 Å². The molecule has 0 bridgehead atoms. The lowest BCUT2D eigenvalue weighted by Crippen LogP contribution is -2.52. The largest absolute Gasteiger partial charge is 0.444 e. The molecule has 0 aliphatic carbocycles. The van der Waals surface area contributed by atoms with Crippen molar-refractivity contribution in [2.45, 2.75) is 44.5 Å². The van der Waals surface area contributed by atoms with Crippen molar-refractivity contribution in [1.82, 2.24) is 4.90 Å². The number of rotatable bonds is 3. The van der Waals surface area contributed by atoms with Crippen LogP contribution in [0.25, 0.3) is 0 Å². The molecule has 1 amide bonds. The first-order valence-corrected chi connectivity index (χ1v) is 8.09. The van der Waals surface area contributed by atoms with Gasteiger partial charge in [0.2, 0.25) is 0 Å². The molecule has 20 heavy (non-hydrogen) atoms. The summed E-state index contributed by atoms with van der Waals surface area (Å²) in [6.07, 6.45) is 0.292. The van der Waals surface area contributed by atoms with E-state index < -0.39 is 18.5 Å². The zero-order valence-corrected chi connectivity index (χ0v) is 13.7. The summed E-state index contributed by atoms with van der Waals surface area (Å²) in [6, 6.07) is 0. The highest BCUT2D eigenvalue weighted by Crippen LogP contribution is 2.60. The topological polar surface area (TPSA) is 91.1 Å². The number of carbonyl (C=O) groups excluding carboxylic acids is 1. The highest BCUT2D eigenvalue weighted by Gasteiger charge is 2.49. The molecule has 1 heterocycles. The maximum Gasteiger partial charge on any atom is 0.410 e. The third-order valence-corrected chi connectivity index (χ3v) is 5.81. The zero-order valence-electron chi connectivity index (χ0n) is 12.8. The number of piperidine rings is 1. The number of amides is 1. The number of nitrogens with zero attached hydrogens (tertiary/aromatic N) is 1. The highest BCUT2D eigenvalue weighted by molar-refractivity contribution is 7.55. The summed E-state index contributed by atoms with van der Waals surface area (Å²) in [5.74, 6) is 0. The minimum atomic E-state index is -3.37. The predicted molar refractivity (Wildman–Crippen MR) is 75.6 cm³/mol. The van der Waals surface area contributed by atoms with Crippen LogP contribution < -0.4 is 5.73 Å². The zero-order chi connectivity index (χ0) is 15.6. The standard InChI is InChI=1S/C12H25N2O5P/c1-11(2,3)19-10(15)14-8-6-12(13,7-9-14)20(16,17-4)18-5/h6-9,13H2,1-5H3. The van der Waals surface area contributed by atoms with Gasteiger partial charge in [0.1, 0.15) is 10.9 Å². The first-order valence-electron chi connectivity index (χ1n) is 6.55. The molecule has 1 fully saturated rings. The van der Waals surface area contributed by atoms with Crippen molar-refractivity contribution in [3.05, 3.63) is 0 Å². The molecule has 0 atom stereocenters. The van der Waals surface area contributed by atoms with Gasteiger partial charge in [-0.25, -0.2) is 4.79 Å². The highest BCUT2D eigenvalue weighted by atomic mass is 31.2. The quantitative estimate of drug-likeness (QED) is 0.803. The maximum atomic E-state index is 12.4. The smallest absolute Gasteiger partial charge is 0.410 e. The molecule has 0 aromatic heterocycles. The number of carbonyl (C=O) groups is 1. The van der Waals surface area contributed by atoms with Gasteiger partial charge in [-0.05, 0) is 33.6 Å². The van der Waals surface area contributed by atoms with Crippen LogP contribution in [0.5, 0.6) is 0 Å². The second kappa shape index (κ2) is 6.02. The van der Waals surface area contributed by atoms with Crippen molar-refractivity contribution >= 4 is 13.7 Å². The Labute approximate surface area is 120 Å². The van der Waals surface area contributed by atoms with Gasteiger partial charge in [-0.3, -0.25) is 4.57 Å². The first-order chi connectivity index (χ1) is 9.07. The van der Waals surface area contributed by atoms with Crippen molar-refractivity contribution in [1.29, 1.82) is 0 Å². The van der Waals surface area contributed by atoms with Gasteiger partial charge in [-0.1, -0.05) is 0 Å². The number of ether oxygens (including phenoxy) is 1. The normalized spacial score (nSPS) is 19.8. The van der Waals surface area contributed by atoms with E-state index in [2.05, 4.69) is 0 Å². The molecule has 1 saturated heterocycles. The summed E-state index contributed by atoms with van der Waals surface area (Å²) in [5.41, 5.74) is 5.62. The fourth-order valence-corrected chi connectivity index (χ4v) is 3.74. The summed E-state index contributed by atoms with van der Waals surface area (Å²) >= 11 is 0. The SMILES string of the molecule is COP(=O)(OC)C1(N)CCN(C(=O)OC(C)(C)C)CC1. The van der Waals surface area contributed by atoms with Gasteiger partial charge < -0.3 is 24.4 Å². The Morgan fingerprint density at radius 3 is 2.00 bits per heavy atom. The van der Waals surface area contributed by atoms with Gasteiger partial charge in [0.15, 0.2) is 0 Å². The Kier molecular flexibility index (Phi) is 5.24. The number of hydrogen-bond acceptors (Lipinski definition) is 6. The van der Waals surface area contributed by atoms with E-state index in [9.17, 15) is 9.36 Å². The molecule has 118 valence electrons. The Hall–Kier alpha value is -0.620. The lowest BCUT2D eigenvalue weighted by Gasteiger charge is -2.41. The van der Waals surface area contributed by atoms with Crippen molar-refractivity contribution in [3.8, 4) is 0 Å². The molecule has 1 rings (SSSR count). The van der Waals surface area contributed by atoms with Crippen molar-refractivity contribution in [2.24, 2.45) is 5.73 Å². The number of nitrogens with two attached hydrogens (primary N) is 1. The summed E-state index contributed by atoms with van der Waals surface area (Å²) in [6.45, 7) is 6.16. The fraction of sp³-hybridized carbons (Fsp3) is 0.917. The van der Waals surface area contributed by atoms with E-state index in [1.54, 1.807) is 4.90 Å². The Balaban J connectivity index is 2.68. The lowest BCUT2D eigenvalue weighted by atomic mass is 10.1. The van der Waals surface area contributed by atoms with E-state index >= 15 is 0 Å². The number of likely N-dealkylation sites (tertiary alicyclic amines) is 1. The minimum Gasteiger partial charge on any atom is -0.444 e. The molecule has 0 saturated carbocycles. The van der Waals surface area contributed by atoms with Crippen LogP contribution in [0.3, 0.4) is 0 Å². The van der Waals surface area contributed by atoms with Crippen LogP contribution in [-0.4, -0.2) is 49.2 Å². The van der Waals surface area contributed by atoms with Gasteiger partial charge in [0.25, 0.3) is 0 Å². The molecular weight excluding hydrogens is 283 g/mol. The second-order valence-electron chi connectivity index (χ2n) is 5.93. The van der Waals surface area contributed by atoms with Crippen LogP contribution in [0.15, 0.2) is 0 Å². The van der Waals surface area contributed by atoms with E-state index in [0.29, 0.717) is 25.9 Å².